The number of thiophene rings is 1. The van der Waals surface area contributed by atoms with Crippen molar-refractivity contribution in [2.24, 2.45) is 12.8 Å². The number of nitrogens with zero attached hydrogens (tertiary/aromatic N) is 7. The minimum Gasteiger partial charge on any atom is -0.483 e. The van der Waals surface area contributed by atoms with Gasteiger partial charge in [0.2, 0.25) is 0 Å². The molecule has 206 valence electrons. The van der Waals surface area contributed by atoms with Crippen molar-refractivity contribution in [2.75, 3.05) is 20.1 Å². The second-order valence-electron chi connectivity index (χ2n) is 10.0. The Morgan fingerprint density at radius 3 is 2.70 bits per heavy atom. The first-order chi connectivity index (χ1) is 19.3. The van der Waals surface area contributed by atoms with Crippen LogP contribution in [0.15, 0.2) is 55.2 Å². The van der Waals surface area contributed by atoms with E-state index in [1.807, 2.05) is 55.2 Å². The largest absolute Gasteiger partial charge is 0.483 e. The van der Waals surface area contributed by atoms with Gasteiger partial charge in [0, 0.05) is 44.2 Å². The maximum Gasteiger partial charge on any atom is 0.316 e. The number of carbonyl (C=O) groups is 1. The van der Waals surface area contributed by atoms with Crippen LogP contribution in [0.3, 0.4) is 0 Å². The van der Waals surface area contributed by atoms with Gasteiger partial charge < -0.3 is 20.1 Å². The zero-order valence-electron chi connectivity index (χ0n) is 22.5. The zero-order chi connectivity index (χ0) is 27.8. The Bertz CT molecular complexity index is 1670. The number of aryl methyl sites for hydroxylation is 1. The predicted octanol–water partition coefficient (Wildman–Crippen LogP) is 3.99. The van der Waals surface area contributed by atoms with Crippen LogP contribution in [-0.4, -0.2) is 66.3 Å². The van der Waals surface area contributed by atoms with Gasteiger partial charge in [0.15, 0.2) is 0 Å². The summed E-state index contributed by atoms with van der Waals surface area (Å²) < 4.78 is 16.0. The molecule has 0 aliphatic carbocycles. The normalized spacial score (nSPS) is 15.4. The number of carbonyl (C=O) groups excluding carboxylic acids is 1. The molecule has 0 bridgehead atoms. The molecule has 4 aromatic heterocycles. The minimum absolute atomic E-state index is 0.0917. The lowest BCUT2D eigenvalue weighted by molar-refractivity contribution is 0.0995. The highest BCUT2D eigenvalue weighted by Gasteiger charge is 2.23. The quantitative estimate of drug-likeness (QED) is 0.303. The smallest absolute Gasteiger partial charge is 0.316 e. The molecule has 2 N–H and O–H groups in total. The molecule has 1 atom stereocenters. The molecule has 1 saturated heterocycles. The minimum atomic E-state index is -0.560. The number of aromatic nitrogens is 6. The molecule has 1 aliphatic rings. The van der Waals surface area contributed by atoms with Gasteiger partial charge in [0.1, 0.15) is 34.2 Å². The molecule has 5 heterocycles. The van der Waals surface area contributed by atoms with Gasteiger partial charge in [0.05, 0.1) is 22.9 Å². The number of piperidine rings is 1. The average Bonchev–Trinajstić information content (AvgIpc) is 3.68. The number of likely N-dealkylation sites (tertiary alicyclic amines) is 1. The van der Waals surface area contributed by atoms with Crippen molar-refractivity contribution in [3.05, 3.63) is 65.8 Å². The first-order valence-corrected chi connectivity index (χ1v) is 13.9. The van der Waals surface area contributed by atoms with E-state index in [0.717, 1.165) is 53.1 Å². The van der Waals surface area contributed by atoms with Crippen LogP contribution in [0.25, 0.3) is 27.2 Å². The molecule has 1 aliphatic heterocycles. The van der Waals surface area contributed by atoms with Crippen molar-refractivity contribution >= 4 is 28.3 Å². The summed E-state index contributed by atoms with van der Waals surface area (Å²) in [5.41, 5.74) is 10.2. The standard InChI is InChI=1S/C28H30N8O3S/c1-17(21-6-9-30-28(33-21)39-20-7-10-34(2)11-8-20)38-24-13-25(40-26(24)27(29)37)36-16-31-22-12-18(4-5-23(22)36)19-14-32-35(3)15-19/h4-6,9,12-17,20H,7-8,10-11H2,1-3H3,(H2,29,37). The molecule has 6 rings (SSSR count). The summed E-state index contributed by atoms with van der Waals surface area (Å²) in [6.07, 6.45) is 8.67. The molecule has 12 heteroatoms. The zero-order valence-corrected chi connectivity index (χ0v) is 23.3. The predicted molar refractivity (Wildman–Crippen MR) is 152 cm³/mol. The summed E-state index contributed by atoms with van der Waals surface area (Å²) in [6.45, 7) is 3.84. The fourth-order valence-electron chi connectivity index (χ4n) is 4.82. The number of benzene rings is 1. The number of primary amides is 1. The molecule has 11 nitrogen and oxygen atoms in total. The van der Waals surface area contributed by atoms with Crippen LogP contribution >= 0.6 is 11.3 Å². The molecule has 40 heavy (non-hydrogen) atoms. The van der Waals surface area contributed by atoms with Crippen LogP contribution in [0.5, 0.6) is 11.8 Å². The summed E-state index contributed by atoms with van der Waals surface area (Å²) in [5.74, 6) is -0.166. The van der Waals surface area contributed by atoms with Crippen LogP contribution in [-0.2, 0) is 7.05 Å². The molecule has 0 saturated carbocycles. The van der Waals surface area contributed by atoms with Crippen molar-refractivity contribution in [2.45, 2.75) is 32.0 Å². The van der Waals surface area contributed by atoms with Crippen molar-refractivity contribution in [3.63, 3.8) is 0 Å². The number of rotatable bonds is 8. The molecular weight excluding hydrogens is 528 g/mol. The van der Waals surface area contributed by atoms with E-state index in [1.54, 1.807) is 23.3 Å². The van der Waals surface area contributed by atoms with Gasteiger partial charge in [-0.2, -0.15) is 10.1 Å². The Morgan fingerprint density at radius 1 is 1.12 bits per heavy atom. The summed E-state index contributed by atoms with van der Waals surface area (Å²) in [5, 5.41) is 5.02. The molecule has 0 radical (unpaired) electrons. The average molecular weight is 559 g/mol. The Kier molecular flexibility index (Phi) is 6.95. The van der Waals surface area contributed by atoms with Gasteiger partial charge >= 0.3 is 6.01 Å². The Hall–Kier alpha value is -4.29. The number of fused-ring (bicyclic) bond motifs is 1. The summed E-state index contributed by atoms with van der Waals surface area (Å²) >= 11 is 1.26. The Balaban J connectivity index is 1.23. The van der Waals surface area contributed by atoms with Crippen molar-refractivity contribution in [3.8, 4) is 27.9 Å². The molecular formula is C28H30N8O3S. The van der Waals surface area contributed by atoms with E-state index >= 15 is 0 Å². The summed E-state index contributed by atoms with van der Waals surface area (Å²) in [4.78, 5) is 28.4. The van der Waals surface area contributed by atoms with E-state index in [1.165, 1.54) is 11.3 Å². The van der Waals surface area contributed by atoms with Crippen LogP contribution in [0.2, 0.25) is 0 Å². The van der Waals surface area contributed by atoms with Gasteiger partial charge in [-0.3, -0.25) is 14.0 Å². The molecule has 1 unspecified atom stereocenters. The van der Waals surface area contributed by atoms with Gasteiger partial charge in [-0.15, -0.1) is 11.3 Å². The van der Waals surface area contributed by atoms with E-state index < -0.39 is 12.0 Å². The maximum absolute atomic E-state index is 12.4. The van der Waals surface area contributed by atoms with Gasteiger partial charge in [-0.25, -0.2) is 9.97 Å². The van der Waals surface area contributed by atoms with E-state index in [0.29, 0.717) is 22.3 Å². The van der Waals surface area contributed by atoms with Crippen LogP contribution in [0, 0.1) is 0 Å². The third-order valence-corrected chi connectivity index (χ3v) is 8.17. The van der Waals surface area contributed by atoms with Gasteiger partial charge in [0.25, 0.3) is 5.91 Å². The summed E-state index contributed by atoms with van der Waals surface area (Å²) in [7, 11) is 4.00. The molecule has 1 fully saturated rings. The van der Waals surface area contributed by atoms with Crippen LogP contribution < -0.4 is 15.2 Å². The number of hydrogen-bond acceptors (Lipinski definition) is 9. The lowest BCUT2D eigenvalue weighted by Gasteiger charge is -2.28. The fourth-order valence-corrected chi connectivity index (χ4v) is 5.75. The van der Waals surface area contributed by atoms with Crippen LogP contribution in [0.4, 0.5) is 0 Å². The highest BCUT2D eigenvalue weighted by atomic mass is 32.1. The Labute approximate surface area is 235 Å². The molecule has 0 spiro atoms. The number of hydrogen-bond donors (Lipinski definition) is 1. The van der Waals surface area contributed by atoms with Crippen molar-refractivity contribution in [1.29, 1.82) is 0 Å². The van der Waals surface area contributed by atoms with Crippen molar-refractivity contribution < 1.29 is 14.3 Å². The highest BCUT2D eigenvalue weighted by molar-refractivity contribution is 7.16. The van der Waals surface area contributed by atoms with E-state index in [2.05, 4.69) is 32.0 Å². The second-order valence-corrected chi connectivity index (χ2v) is 11.0. The third kappa shape index (κ3) is 5.27. The SMILES string of the molecule is CC(Oc1cc(-n2cnc3cc(-c4cnn(C)c4)ccc32)sc1C(N)=O)c1ccnc(OC2CCN(C)CC2)n1. The van der Waals surface area contributed by atoms with E-state index in [9.17, 15) is 4.79 Å². The molecule has 1 aromatic carbocycles. The monoisotopic (exact) mass is 558 g/mol. The van der Waals surface area contributed by atoms with Crippen molar-refractivity contribution in [1.82, 2.24) is 34.2 Å². The second kappa shape index (κ2) is 10.7. The number of imidazole rings is 1. The lowest BCUT2D eigenvalue weighted by atomic mass is 10.1. The summed E-state index contributed by atoms with van der Waals surface area (Å²) in [6, 6.07) is 9.98. The molecule has 1 amide bonds. The molecule has 5 aromatic rings. The first-order valence-electron chi connectivity index (χ1n) is 13.1. The van der Waals surface area contributed by atoms with Gasteiger partial charge in [-0.05, 0) is 50.6 Å². The third-order valence-electron chi connectivity index (χ3n) is 7.04. The first kappa shape index (κ1) is 26.0. The van der Waals surface area contributed by atoms with E-state index in [4.69, 9.17) is 15.2 Å². The maximum atomic E-state index is 12.4. The van der Waals surface area contributed by atoms with Crippen LogP contribution in [0.1, 0.15) is 41.2 Å². The highest BCUT2D eigenvalue weighted by Crippen LogP contribution is 2.36. The lowest BCUT2D eigenvalue weighted by Crippen LogP contribution is -2.36. The Morgan fingerprint density at radius 2 is 1.95 bits per heavy atom. The number of amides is 1. The topological polar surface area (TPSA) is 126 Å². The number of nitrogens with two attached hydrogens (primary N) is 1. The van der Waals surface area contributed by atoms with Gasteiger partial charge in [-0.1, -0.05) is 6.07 Å². The number of ether oxygens (including phenoxy) is 2. The van der Waals surface area contributed by atoms with E-state index in [-0.39, 0.29) is 6.10 Å². The fraction of sp³-hybridized carbons (Fsp3) is 0.321.